The lowest BCUT2D eigenvalue weighted by molar-refractivity contribution is -0.379. The van der Waals surface area contributed by atoms with Gasteiger partial charge in [-0.05, 0) is 109 Å². The van der Waals surface area contributed by atoms with E-state index in [0.717, 1.165) is 122 Å². The number of rotatable bonds is 51. The van der Waals surface area contributed by atoms with Gasteiger partial charge in [-0.15, -0.1) is 0 Å². The van der Waals surface area contributed by atoms with Crippen LogP contribution in [0.4, 0.5) is 0 Å². The van der Waals surface area contributed by atoms with Gasteiger partial charge in [-0.2, -0.15) is 0 Å². The van der Waals surface area contributed by atoms with Crippen LogP contribution >= 0.6 is 0 Å². The smallest absolute Gasteiger partial charge is 0.220 e. The molecule has 530 valence electrons. The summed E-state index contributed by atoms with van der Waals surface area (Å²) in [5, 5.41) is 120. The molecule has 3 aliphatic heterocycles. The third-order valence-corrected chi connectivity index (χ3v) is 16.4. The van der Waals surface area contributed by atoms with Crippen molar-refractivity contribution in [3.8, 4) is 0 Å². The average Bonchev–Trinajstić information content (AvgIpc) is 0.902. The Labute approximate surface area is 556 Å². The predicted molar refractivity (Wildman–Crippen MR) is 364 cm³/mol. The van der Waals surface area contributed by atoms with Crippen LogP contribution in [0.1, 0.15) is 194 Å². The fourth-order valence-corrected chi connectivity index (χ4v) is 10.8. The number of hydrogen-bond acceptors (Lipinski definition) is 18. The molecule has 0 aromatic rings. The van der Waals surface area contributed by atoms with Gasteiger partial charge in [-0.25, -0.2) is 0 Å². The molecule has 0 bridgehead atoms. The van der Waals surface area contributed by atoms with Gasteiger partial charge in [-0.3, -0.25) is 4.79 Å². The van der Waals surface area contributed by atoms with Crippen molar-refractivity contribution < 1.29 is 89.4 Å². The Kier molecular flexibility index (Phi) is 48.3. The van der Waals surface area contributed by atoms with E-state index in [0.29, 0.717) is 12.8 Å². The zero-order valence-electron chi connectivity index (χ0n) is 55.9. The van der Waals surface area contributed by atoms with E-state index in [1.165, 1.54) is 38.5 Å². The molecule has 12 N–H and O–H groups in total. The molecule has 3 fully saturated rings. The molecule has 3 rings (SSSR count). The minimum absolute atomic E-state index is 0.213. The van der Waals surface area contributed by atoms with Crippen LogP contribution in [0.25, 0.3) is 0 Å². The topological polar surface area (TPSA) is 307 Å². The number of nitrogens with one attached hydrogen (secondary N) is 1. The summed E-state index contributed by atoms with van der Waals surface area (Å²) in [5.41, 5.74) is 0. The van der Waals surface area contributed by atoms with Crippen LogP contribution in [0.3, 0.4) is 0 Å². The van der Waals surface area contributed by atoms with Gasteiger partial charge in [0.25, 0.3) is 0 Å². The molecule has 0 aromatic heterocycles. The van der Waals surface area contributed by atoms with Crippen LogP contribution in [0.2, 0.25) is 0 Å². The van der Waals surface area contributed by atoms with Crippen LogP contribution in [0.5, 0.6) is 0 Å². The minimum atomic E-state index is -1.99. The van der Waals surface area contributed by atoms with Crippen molar-refractivity contribution in [1.29, 1.82) is 0 Å². The Morgan fingerprint density at radius 1 is 0.398 bits per heavy atom. The van der Waals surface area contributed by atoms with E-state index in [1.807, 2.05) is 6.08 Å². The fourth-order valence-electron chi connectivity index (χ4n) is 10.8. The molecule has 3 heterocycles. The van der Waals surface area contributed by atoms with E-state index in [2.05, 4.69) is 141 Å². The summed E-state index contributed by atoms with van der Waals surface area (Å²) >= 11 is 0. The first-order valence-electron chi connectivity index (χ1n) is 34.9. The normalized spacial score (nSPS) is 28.4. The van der Waals surface area contributed by atoms with Crippen molar-refractivity contribution in [2.75, 3.05) is 26.4 Å². The van der Waals surface area contributed by atoms with Gasteiger partial charge in [-0.1, -0.05) is 212 Å². The average molecular weight is 1310 g/mol. The third-order valence-electron chi connectivity index (χ3n) is 16.4. The molecule has 0 spiro atoms. The molecule has 17 atom stereocenters. The molecule has 19 nitrogen and oxygen atoms in total. The Hall–Kier alpha value is -4.07. The van der Waals surface area contributed by atoms with Gasteiger partial charge < -0.3 is 89.9 Å². The lowest BCUT2D eigenvalue weighted by atomic mass is 9.96. The summed E-state index contributed by atoms with van der Waals surface area (Å²) < 4.78 is 34.3. The molecule has 19 heteroatoms. The highest BCUT2D eigenvalue weighted by Gasteiger charge is 2.53. The summed E-state index contributed by atoms with van der Waals surface area (Å²) in [6, 6.07) is -1.01. The van der Waals surface area contributed by atoms with E-state index in [-0.39, 0.29) is 18.9 Å². The van der Waals surface area contributed by atoms with E-state index in [9.17, 15) is 61.0 Å². The summed E-state index contributed by atoms with van der Waals surface area (Å²) in [6.07, 6.45) is 48.5. The van der Waals surface area contributed by atoms with Gasteiger partial charge in [0.2, 0.25) is 5.91 Å². The molecule has 93 heavy (non-hydrogen) atoms. The molecular weight excluding hydrogens is 1190 g/mol. The number of ether oxygens (including phenoxy) is 6. The Morgan fingerprint density at radius 3 is 1.20 bits per heavy atom. The Bertz CT molecular complexity index is 2210. The zero-order valence-corrected chi connectivity index (χ0v) is 55.9. The van der Waals surface area contributed by atoms with Crippen LogP contribution in [-0.2, 0) is 33.2 Å². The highest BCUT2D eigenvalue weighted by molar-refractivity contribution is 5.76. The van der Waals surface area contributed by atoms with Gasteiger partial charge in [0, 0.05) is 6.42 Å². The monoisotopic (exact) mass is 1310 g/mol. The van der Waals surface area contributed by atoms with Crippen molar-refractivity contribution in [1.82, 2.24) is 5.32 Å². The second kappa shape index (κ2) is 54.0. The first kappa shape index (κ1) is 83.2. The number of allylic oxidation sites excluding steroid dienone is 21. The SMILES string of the molecule is CC/C=C\C/C=C\C/C=C\C/C=C\C/C=C\C/C=C\C/C=C\C/C=C\CCCCCCCCCCC(=O)NC(COC1OC(CO)C(OC2OC(CO)C(OC3OC(CO)C(O)C(O)C3O)C(O)C2O)C(O)C1O)C(O)/C=C/CC/C=C/CC/C=C/CCCCCCC. The maximum absolute atomic E-state index is 13.4. The van der Waals surface area contributed by atoms with E-state index in [1.54, 1.807) is 6.08 Å². The molecule has 17 unspecified atom stereocenters. The summed E-state index contributed by atoms with van der Waals surface area (Å²) in [5.74, 6) is -0.306. The Balaban J connectivity index is 1.41. The number of amides is 1. The largest absolute Gasteiger partial charge is 0.394 e. The summed E-state index contributed by atoms with van der Waals surface area (Å²) in [6.45, 7) is 1.54. The first-order chi connectivity index (χ1) is 45.3. The molecule has 3 aliphatic rings. The number of aliphatic hydroxyl groups is 11. The standard InChI is InChI=1S/C74H121NO18/c1-3-5-7-9-11-13-15-17-19-20-21-22-23-24-25-26-27-28-29-30-31-32-33-34-35-36-38-40-42-44-46-48-50-52-62(80)75-57(58(79)51-49-47-45-43-41-39-37-18-16-14-12-10-8-6-4-2)56-88-72-68(86)65(83)70(60(54-77)90-72)93-74-69(87)66(84)71(61(55-78)91-74)92-73-67(85)64(82)63(81)59(53-76)89-73/h5,7,11,13,16-19,21-22,24-25,27-28,30-31,33-34,41,43,49,51,57-61,63-74,76-79,81-87H,3-4,6,8-10,12,14-15,20,23,26,29,32,35-40,42,44-48,50,52-56H2,1-2H3,(H,75,80)/b7-5-,13-11-,18-16+,19-17-,22-21-,25-24-,28-27-,31-30-,34-33-,43-41+,51-49+. The van der Waals surface area contributed by atoms with Crippen LogP contribution in [-0.4, -0.2) is 193 Å². The fraction of sp³-hybridized carbons (Fsp3) is 0.689. The molecule has 0 radical (unpaired) electrons. The quantitative estimate of drug-likeness (QED) is 0.0199. The number of unbranched alkanes of at least 4 members (excludes halogenated alkanes) is 15. The minimum Gasteiger partial charge on any atom is -0.394 e. The van der Waals surface area contributed by atoms with E-state index >= 15 is 0 Å². The molecule has 0 saturated carbocycles. The molecule has 3 saturated heterocycles. The third kappa shape index (κ3) is 35.7. The maximum atomic E-state index is 13.4. The molecular formula is C74H121NO18. The highest BCUT2D eigenvalue weighted by atomic mass is 16.8. The molecule has 1 amide bonds. The second-order valence-electron chi connectivity index (χ2n) is 24.2. The van der Waals surface area contributed by atoms with Gasteiger partial charge in [0.15, 0.2) is 18.9 Å². The first-order valence-corrected chi connectivity index (χ1v) is 34.9. The Morgan fingerprint density at radius 2 is 0.753 bits per heavy atom. The lowest BCUT2D eigenvalue weighted by Gasteiger charge is -2.48. The van der Waals surface area contributed by atoms with Crippen molar-refractivity contribution in [3.05, 3.63) is 134 Å². The van der Waals surface area contributed by atoms with Crippen molar-refractivity contribution >= 4 is 5.91 Å². The van der Waals surface area contributed by atoms with Crippen molar-refractivity contribution in [2.24, 2.45) is 0 Å². The van der Waals surface area contributed by atoms with Crippen LogP contribution in [0, 0.1) is 0 Å². The summed E-state index contributed by atoms with van der Waals surface area (Å²) in [7, 11) is 0. The number of hydrogen-bond donors (Lipinski definition) is 12. The van der Waals surface area contributed by atoms with Gasteiger partial charge in [0.1, 0.15) is 73.2 Å². The lowest BCUT2D eigenvalue weighted by Crippen LogP contribution is -2.66. The van der Waals surface area contributed by atoms with Crippen LogP contribution in [0.15, 0.2) is 134 Å². The van der Waals surface area contributed by atoms with E-state index < -0.39 is 124 Å². The van der Waals surface area contributed by atoms with Crippen molar-refractivity contribution in [2.45, 2.75) is 298 Å². The molecule has 0 aliphatic carbocycles. The number of aliphatic hydroxyl groups excluding tert-OH is 11. The zero-order chi connectivity index (χ0) is 67.5. The molecule has 0 aromatic carbocycles. The van der Waals surface area contributed by atoms with Crippen LogP contribution < -0.4 is 5.32 Å². The predicted octanol–water partition coefficient (Wildman–Crippen LogP) is 9.38. The van der Waals surface area contributed by atoms with Crippen molar-refractivity contribution in [3.63, 3.8) is 0 Å². The van der Waals surface area contributed by atoms with Gasteiger partial charge >= 0.3 is 0 Å². The second-order valence-corrected chi connectivity index (χ2v) is 24.2. The number of carbonyl (C=O) groups is 1. The van der Waals surface area contributed by atoms with Gasteiger partial charge in [0.05, 0.1) is 38.6 Å². The van der Waals surface area contributed by atoms with E-state index in [4.69, 9.17) is 28.4 Å². The maximum Gasteiger partial charge on any atom is 0.220 e. The highest BCUT2D eigenvalue weighted by Crippen LogP contribution is 2.33. The number of carbonyl (C=O) groups excluding carboxylic acids is 1. The summed E-state index contributed by atoms with van der Waals surface area (Å²) in [4.78, 5) is 13.4.